The monoisotopic (exact) mass is 367 g/mol. The smallest absolute Gasteiger partial charge is 0.263 e. The average molecular weight is 367 g/mol. The quantitative estimate of drug-likeness (QED) is 0.711. The number of thiophene rings is 1. The minimum atomic E-state index is 0.0576. The Labute approximate surface area is 156 Å². The van der Waals surface area contributed by atoms with E-state index in [1.54, 1.807) is 37.7 Å². The summed E-state index contributed by atoms with van der Waals surface area (Å²) in [6, 6.07) is 5.99. The van der Waals surface area contributed by atoms with Gasteiger partial charge in [-0.1, -0.05) is 6.07 Å². The van der Waals surface area contributed by atoms with Gasteiger partial charge in [-0.15, -0.1) is 11.3 Å². The molecule has 0 spiro atoms. The van der Waals surface area contributed by atoms with Crippen molar-refractivity contribution in [2.24, 2.45) is 0 Å². The second-order valence-electron chi connectivity index (χ2n) is 6.75. The van der Waals surface area contributed by atoms with E-state index in [0.717, 1.165) is 52.4 Å². The van der Waals surface area contributed by atoms with E-state index in [1.165, 1.54) is 11.3 Å². The first-order valence-electron chi connectivity index (χ1n) is 8.75. The van der Waals surface area contributed by atoms with Crippen molar-refractivity contribution in [3.05, 3.63) is 47.4 Å². The number of anilines is 1. The Bertz CT molecular complexity index is 924. The number of amides is 1. The van der Waals surface area contributed by atoms with Crippen molar-refractivity contribution >= 4 is 33.3 Å². The lowest BCUT2D eigenvalue weighted by Gasteiger charge is -2.34. The van der Waals surface area contributed by atoms with Crippen molar-refractivity contribution in [1.29, 1.82) is 0 Å². The first kappa shape index (κ1) is 16.9. The van der Waals surface area contributed by atoms with Gasteiger partial charge in [-0.25, -0.2) is 15.0 Å². The van der Waals surface area contributed by atoms with Gasteiger partial charge in [0.2, 0.25) is 0 Å². The molecule has 1 unspecified atom stereocenters. The summed E-state index contributed by atoms with van der Waals surface area (Å²) < 4.78 is 0. The number of pyridine rings is 1. The molecular formula is C19H21N5OS. The van der Waals surface area contributed by atoms with E-state index in [4.69, 9.17) is 0 Å². The molecule has 1 saturated heterocycles. The molecule has 1 amide bonds. The van der Waals surface area contributed by atoms with Crippen LogP contribution in [0.15, 0.2) is 36.9 Å². The topological polar surface area (TPSA) is 62.2 Å². The molecule has 1 atom stereocenters. The van der Waals surface area contributed by atoms with Gasteiger partial charge >= 0.3 is 0 Å². The molecule has 3 aromatic rings. The zero-order valence-corrected chi connectivity index (χ0v) is 15.7. The zero-order chi connectivity index (χ0) is 18.1. The highest BCUT2D eigenvalue weighted by Gasteiger charge is 2.30. The van der Waals surface area contributed by atoms with Gasteiger partial charge in [0.25, 0.3) is 5.91 Å². The van der Waals surface area contributed by atoms with Gasteiger partial charge in [0.15, 0.2) is 0 Å². The summed E-state index contributed by atoms with van der Waals surface area (Å²) in [7, 11) is 3.61. The maximum absolute atomic E-state index is 12.8. The maximum Gasteiger partial charge on any atom is 0.263 e. The summed E-state index contributed by atoms with van der Waals surface area (Å²) in [5, 5.41) is 1.11. The molecule has 4 rings (SSSR count). The molecule has 0 aromatic carbocycles. The first-order valence-corrected chi connectivity index (χ1v) is 9.57. The van der Waals surface area contributed by atoms with E-state index in [2.05, 4.69) is 25.9 Å². The Hall–Kier alpha value is -2.54. The Balaban J connectivity index is 1.75. The van der Waals surface area contributed by atoms with Crippen LogP contribution in [-0.4, -0.2) is 52.9 Å². The molecule has 0 aliphatic carbocycles. The standard InChI is InChI=1S/C19H21N5OS/c1-23(2)19(25)17-16(14-6-3-8-21-18(14)26-17)13-5-4-10-24(11-13)15-7-9-20-12-22-15/h3,6-9,12-13H,4-5,10-11H2,1-2H3. The van der Waals surface area contributed by atoms with Crippen LogP contribution in [0.5, 0.6) is 0 Å². The second kappa shape index (κ2) is 6.99. The molecule has 0 saturated carbocycles. The van der Waals surface area contributed by atoms with E-state index < -0.39 is 0 Å². The van der Waals surface area contributed by atoms with Crippen LogP contribution < -0.4 is 4.90 Å². The number of piperidine rings is 1. The number of nitrogens with zero attached hydrogens (tertiary/aromatic N) is 5. The lowest BCUT2D eigenvalue weighted by Crippen LogP contribution is -2.35. The fraction of sp³-hybridized carbons (Fsp3) is 0.368. The van der Waals surface area contributed by atoms with Crippen molar-refractivity contribution in [2.45, 2.75) is 18.8 Å². The zero-order valence-electron chi connectivity index (χ0n) is 14.9. The van der Waals surface area contributed by atoms with Crippen molar-refractivity contribution in [3.63, 3.8) is 0 Å². The number of carbonyl (C=O) groups excluding carboxylic acids is 1. The molecule has 3 aromatic heterocycles. The molecule has 0 radical (unpaired) electrons. The molecule has 0 bridgehead atoms. The van der Waals surface area contributed by atoms with E-state index in [1.807, 2.05) is 12.1 Å². The van der Waals surface area contributed by atoms with E-state index in [0.29, 0.717) is 0 Å². The normalized spacial score (nSPS) is 17.5. The Morgan fingerprint density at radius 2 is 2.15 bits per heavy atom. The summed E-state index contributed by atoms with van der Waals surface area (Å²) >= 11 is 1.50. The Morgan fingerprint density at radius 3 is 2.92 bits per heavy atom. The van der Waals surface area contributed by atoms with Gasteiger partial charge in [-0.3, -0.25) is 4.79 Å². The van der Waals surface area contributed by atoms with Crippen molar-refractivity contribution in [1.82, 2.24) is 19.9 Å². The first-order chi connectivity index (χ1) is 12.6. The molecular weight excluding hydrogens is 346 g/mol. The van der Waals surface area contributed by atoms with Crippen LogP contribution in [0.1, 0.15) is 34.0 Å². The molecule has 4 heterocycles. The highest BCUT2D eigenvalue weighted by atomic mass is 32.1. The highest BCUT2D eigenvalue weighted by Crippen LogP contribution is 2.40. The van der Waals surface area contributed by atoms with Crippen LogP contribution in [0.3, 0.4) is 0 Å². The van der Waals surface area contributed by atoms with Gasteiger partial charge in [0.05, 0.1) is 4.88 Å². The third kappa shape index (κ3) is 3.03. The Kier molecular flexibility index (Phi) is 4.55. The van der Waals surface area contributed by atoms with Crippen molar-refractivity contribution in [2.75, 3.05) is 32.1 Å². The minimum Gasteiger partial charge on any atom is -0.356 e. The van der Waals surface area contributed by atoms with E-state index in [9.17, 15) is 4.79 Å². The number of fused-ring (bicyclic) bond motifs is 1. The molecule has 7 heteroatoms. The summed E-state index contributed by atoms with van der Waals surface area (Å²) in [4.78, 5) is 31.4. The number of carbonyl (C=O) groups is 1. The van der Waals surface area contributed by atoms with Gasteiger partial charge in [-0.2, -0.15) is 0 Å². The number of rotatable bonds is 3. The number of hydrogen-bond acceptors (Lipinski definition) is 6. The lowest BCUT2D eigenvalue weighted by molar-refractivity contribution is 0.0831. The predicted octanol–water partition coefficient (Wildman–Crippen LogP) is 3.17. The molecule has 6 nitrogen and oxygen atoms in total. The third-order valence-electron chi connectivity index (χ3n) is 4.83. The van der Waals surface area contributed by atoms with Crippen LogP contribution >= 0.6 is 11.3 Å². The second-order valence-corrected chi connectivity index (χ2v) is 7.75. The molecule has 1 aliphatic heterocycles. The summed E-state index contributed by atoms with van der Waals surface area (Å²) in [5.41, 5.74) is 1.15. The fourth-order valence-corrected chi connectivity index (χ4v) is 4.86. The minimum absolute atomic E-state index is 0.0576. The lowest BCUT2D eigenvalue weighted by atomic mass is 9.88. The molecule has 0 N–H and O–H groups in total. The van der Waals surface area contributed by atoms with Crippen LogP contribution in [0, 0.1) is 0 Å². The van der Waals surface area contributed by atoms with E-state index in [-0.39, 0.29) is 11.8 Å². The number of aromatic nitrogens is 3. The van der Waals surface area contributed by atoms with E-state index >= 15 is 0 Å². The van der Waals surface area contributed by atoms with Gasteiger partial charge in [-0.05, 0) is 30.5 Å². The summed E-state index contributed by atoms with van der Waals surface area (Å²) in [6.07, 6.45) is 7.29. The third-order valence-corrected chi connectivity index (χ3v) is 5.94. The van der Waals surface area contributed by atoms with Crippen LogP contribution in [0.4, 0.5) is 5.82 Å². The van der Waals surface area contributed by atoms with Crippen molar-refractivity contribution < 1.29 is 4.79 Å². The van der Waals surface area contributed by atoms with Gasteiger partial charge < -0.3 is 9.80 Å². The molecule has 134 valence electrons. The van der Waals surface area contributed by atoms with Crippen LogP contribution in [-0.2, 0) is 0 Å². The summed E-state index contributed by atoms with van der Waals surface area (Å²) in [6.45, 7) is 1.83. The summed E-state index contributed by atoms with van der Waals surface area (Å²) in [5.74, 6) is 1.29. The van der Waals surface area contributed by atoms with Crippen molar-refractivity contribution in [3.8, 4) is 0 Å². The SMILES string of the molecule is CN(C)C(=O)c1sc2ncccc2c1C1CCCN(c2ccncn2)C1. The molecule has 1 aliphatic rings. The largest absolute Gasteiger partial charge is 0.356 e. The average Bonchev–Trinajstić information content (AvgIpc) is 3.07. The maximum atomic E-state index is 12.8. The van der Waals surface area contributed by atoms with Gasteiger partial charge in [0.1, 0.15) is 17.0 Å². The Morgan fingerprint density at radius 1 is 1.27 bits per heavy atom. The molecule has 1 fully saturated rings. The fourth-order valence-electron chi connectivity index (χ4n) is 3.61. The molecule has 26 heavy (non-hydrogen) atoms. The van der Waals surface area contributed by atoms with Gasteiger partial charge in [0, 0.05) is 50.9 Å². The van der Waals surface area contributed by atoms with Crippen LogP contribution in [0.2, 0.25) is 0 Å². The predicted molar refractivity (Wildman–Crippen MR) is 104 cm³/mol. The van der Waals surface area contributed by atoms with Crippen LogP contribution in [0.25, 0.3) is 10.2 Å². The highest BCUT2D eigenvalue weighted by molar-refractivity contribution is 7.20. The number of hydrogen-bond donors (Lipinski definition) is 0.